The second kappa shape index (κ2) is 7.18. The Balaban J connectivity index is 2.53. The van der Waals surface area contributed by atoms with Crippen molar-refractivity contribution in [1.82, 2.24) is 10.3 Å². The number of nitrogens with one attached hydrogen (secondary N) is 1. The van der Waals surface area contributed by atoms with Crippen LogP contribution in [0.2, 0.25) is 0 Å². The highest BCUT2D eigenvalue weighted by atomic mass is 19.1. The van der Waals surface area contributed by atoms with Gasteiger partial charge in [-0.2, -0.15) is 0 Å². The summed E-state index contributed by atoms with van der Waals surface area (Å²) in [6, 6.07) is 8.87. The Morgan fingerprint density at radius 3 is 2.71 bits per heavy atom. The number of halogens is 1. The summed E-state index contributed by atoms with van der Waals surface area (Å²) in [4.78, 5) is 4.47. The monoisotopic (exact) mass is 288 g/mol. The molecule has 0 spiro atoms. The van der Waals surface area contributed by atoms with Crippen LogP contribution in [-0.2, 0) is 6.42 Å². The third kappa shape index (κ3) is 3.22. The third-order valence-corrected chi connectivity index (χ3v) is 3.51. The highest BCUT2D eigenvalue weighted by molar-refractivity contribution is 5.38. The van der Waals surface area contributed by atoms with E-state index in [2.05, 4.69) is 17.2 Å². The summed E-state index contributed by atoms with van der Waals surface area (Å²) in [7, 11) is 1.47. The minimum absolute atomic E-state index is 0.254. The number of aromatic nitrogens is 1. The fourth-order valence-electron chi connectivity index (χ4n) is 2.48. The van der Waals surface area contributed by atoms with Crippen LogP contribution < -0.4 is 10.1 Å². The molecular weight excluding hydrogens is 267 g/mol. The van der Waals surface area contributed by atoms with E-state index >= 15 is 0 Å². The van der Waals surface area contributed by atoms with Gasteiger partial charge in [-0.25, -0.2) is 4.39 Å². The predicted molar refractivity (Wildman–Crippen MR) is 82.1 cm³/mol. The van der Waals surface area contributed by atoms with Gasteiger partial charge in [0.05, 0.1) is 18.8 Å². The van der Waals surface area contributed by atoms with E-state index in [1.807, 2.05) is 19.1 Å². The fourth-order valence-corrected chi connectivity index (χ4v) is 2.48. The van der Waals surface area contributed by atoms with Crippen molar-refractivity contribution in [3.05, 3.63) is 59.2 Å². The summed E-state index contributed by atoms with van der Waals surface area (Å²) in [6.45, 7) is 4.80. The Hall–Kier alpha value is -1.94. The van der Waals surface area contributed by atoms with Crippen LogP contribution >= 0.6 is 0 Å². The molecule has 0 bridgehead atoms. The molecule has 3 nitrogen and oxygen atoms in total. The number of rotatable bonds is 6. The zero-order valence-electron chi connectivity index (χ0n) is 12.7. The minimum Gasteiger partial charge on any atom is -0.494 e. The van der Waals surface area contributed by atoms with Crippen LogP contribution in [0.4, 0.5) is 4.39 Å². The van der Waals surface area contributed by atoms with Gasteiger partial charge in [0.2, 0.25) is 0 Å². The lowest BCUT2D eigenvalue weighted by molar-refractivity contribution is 0.381. The Kier molecular flexibility index (Phi) is 5.28. The largest absolute Gasteiger partial charge is 0.494 e. The molecule has 1 N–H and O–H groups in total. The Morgan fingerprint density at radius 2 is 2.05 bits per heavy atom. The van der Waals surface area contributed by atoms with Crippen LogP contribution in [-0.4, -0.2) is 18.6 Å². The molecule has 1 unspecified atom stereocenters. The van der Waals surface area contributed by atoms with Crippen molar-refractivity contribution < 1.29 is 9.13 Å². The molecule has 1 aromatic heterocycles. The zero-order valence-corrected chi connectivity index (χ0v) is 12.7. The van der Waals surface area contributed by atoms with Crippen molar-refractivity contribution in [2.75, 3.05) is 13.7 Å². The van der Waals surface area contributed by atoms with Crippen LogP contribution in [0.15, 0.2) is 36.5 Å². The lowest BCUT2D eigenvalue weighted by Crippen LogP contribution is -2.25. The van der Waals surface area contributed by atoms with E-state index in [0.29, 0.717) is 5.56 Å². The van der Waals surface area contributed by atoms with E-state index in [1.54, 1.807) is 24.4 Å². The van der Waals surface area contributed by atoms with Gasteiger partial charge < -0.3 is 10.1 Å². The average molecular weight is 288 g/mol. The van der Waals surface area contributed by atoms with Crippen molar-refractivity contribution in [1.29, 1.82) is 0 Å². The van der Waals surface area contributed by atoms with Crippen LogP contribution in [0, 0.1) is 5.82 Å². The molecule has 0 radical (unpaired) electrons. The molecule has 2 rings (SSSR count). The molecule has 1 atom stereocenters. The molecule has 4 heteroatoms. The number of aryl methyl sites for hydroxylation is 1. The first-order valence-corrected chi connectivity index (χ1v) is 7.22. The standard InChI is InChI=1S/C17H21FN2O/c1-4-12-8-7-11-20-16(12)17(19-5-2)13-9-6-10-14(21-3)15(13)18/h6-11,17,19H,4-5H2,1-3H3. The number of pyridine rings is 1. The summed E-state index contributed by atoms with van der Waals surface area (Å²) < 4.78 is 19.7. The molecule has 112 valence electrons. The van der Waals surface area contributed by atoms with Crippen molar-refractivity contribution >= 4 is 0 Å². The van der Waals surface area contributed by atoms with E-state index < -0.39 is 0 Å². The van der Waals surface area contributed by atoms with Gasteiger partial charge in [-0.15, -0.1) is 0 Å². The van der Waals surface area contributed by atoms with E-state index in [1.165, 1.54) is 7.11 Å². The molecule has 0 saturated heterocycles. The molecule has 0 amide bonds. The van der Waals surface area contributed by atoms with Crippen molar-refractivity contribution in [3.8, 4) is 5.75 Å². The van der Waals surface area contributed by atoms with Gasteiger partial charge in [-0.05, 0) is 30.7 Å². The Labute approximate surface area is 125 Å². The Morgan fingerprint density at radius 1 is 1.24 bits per heavy atom. The molecule has 0 aliphatic heterocycles. The van der Waals surface area contributed by atoms with Crippen molar-refractivity contribution in [2.45, 2.75) is 26.3 Å². The summed E-state index contributed by atoms with van der Waals surface area (Å²) in [5, 5.41) is 3.32. The third-order valence-electron chi connectivity index (χ3n) is 3.51. The molecule has 0 fully saturated rings. The Bertz CT molecular complexity index is 601. The lowest BCUT2D eigenvalue weighted by Gasteiger charge is -2.21. The highest BCUT2D eigenvalue weighted by Gasteiger charge is 2.22. The first-order valence-electron chi connectivity index (χ1n) is 7.22. The van der Waals surface area contributed by atoms with Gasteiger partial charge in [0.15, 0.2) is 11.6 Å². The lowest BCUT2D eigenvalue weighted by atomic mass is 9.97. The second-order valence-corrected chi connectivity index (χ2v) is 4.76. The van der Waals surface area contributed by atoms with Gasteiger partial charge in [0.25, 0.3) is 0 Å². The van der Waals surface area contributed by atoms with Gasteiger partial charge in [0.1, 0.15) is 0 Å². The minimum atomic E-state index is -0.335. The summed E-state index contributed by atoms with van der Waals surface area (Å²) in [5.41, 5.74) is 2.55. The number of nitrogens with zero attached hydrogens (tertiary/aromatic N) is 1. The van der Waals surface area contributed by atoms with E-state index in [9.17, 15) is 4.39 Å². The van der Waals surface area contributed by atoms with Gasteiger partial charge in [-0.3, -0.25) is 4.98 Å². The summed E-state index contributed by atoms with van der Waals surface area (Å²) in [5.74, 6) is -0.0805. The predicted octanol–water partition coefficient (Wildman–Crippen LogP) is 3.49. The van der Waals surface area contributed by atoms with Crippen molar-refractivity contribution in [2.24, 2.45) is 0 Å². The molecule has 1 aromatic carbocycles. The fraction of sp³-hybridized carbons (Fsp3) is 0.353. The van der Waals surface area contributed by atoms with E-state index in [0.717, 1.165) is 24.2 Å². The first-order chi connectivity index (χ1) is 10.2. The van der Waals surface area contributed by atoms with Crippen LogP contribution in [0.25, 0.3) is 0 Å². The van der Waals surface area contributed by atoms with Gasteiger partial charge in [-0.1, -0.05) is 32.0 Å². The molecular formula is C17H21FN2O. The summed E-state index contributed by atoms with van der Waals surface area (Å²) in [6.07, 6.45) is 2.60. The topological polar surface area (TPSA) is 34.1 Å². The van der Waals surface area contributed by atoms with E-state index in [-0.39, 0.29) is 17.6 Å². The second-order valence-electron chi connectivity index (χ2n) is 4.76. The average Bonchev–Trinajstić information content (AvgIpc) is 2.53. The van der Waals surface area contributed by atoms with Crippen molar-refractivity contribution in [3.63, 3.8) is 0 Å². The molecule has 0 aliphatic carbocycles. The van der Waals surface area contributed by atoms with Gasteiger partial charge >= 0.3 is 0 Å². The number of methoxy groups -OCH3 is 1. The van der Waals surface area contributed by atoms with Crippen LogP contribution in [0.3, 0.4) is 0 Å². The maximum Gasteiger partial charge on any atom is 0.170 e. The van der Waals surface area contributed by atoms with Crippen LogP contribution in [0.5, 0.6) is 5.75 Å². The molecule has 1 heterocycles. The summed E-state index contributed by atoms with van der Waals surface area (Å²) >= 11 is 0. The maximum absolute atomic E-state index is 14.6. The van der Waals surface area contributed by atoms with Crippen LogP contribution in [0.1, 0.15) is 36.7 Å². The number of ether oxygens (including phenoxy) is 1. The normalized spacial score (nSPS) is 12.2. The van der Waals surface area contributed by atoms with Gasteiger partial charge in [0, 0.05) is 11.8 Å². The smallest absolute Gasteiger partial charge is 0.170 e. The first kappa shape index (κ1) is 15.4. The quantitative estimate of drug-likeness (QED) is 0.883. The SMILES string of the molecule is CCNC(c1cccc(OC)c1F)c1ncccc1CC. The van der Waals surface area contributed by atoms with E-state index in [4.69, 9.17) is 4.74 Å². The zero-order chi connectivity index (χ0) is 15.2. The maximum atomic E-state index is 14.6. The molecule has 21 heavy (non-hydrogen) atoms. The number of benzene rings is 1. The number of hydrogen-bond acceptors (Lipinski definition) is 3. The highest BCUT2D eigenvalue weighted by Crippen LogP contribution is 2.30. The molecule has 2 aromatic rings. The molecule has 0 aliphatic rings. The molecule has 0 saturated carbocycles. The number of hydrogen-bond donors (Lipinski definition) is 1.